The van der Waals surface area contributed by atoms with Gasteiger partial charge in [-0.15, -0.1) is 0 Å². The van der Waals surface area contributed by atoms with E-state index < -0.39 is 0 Å². The zero-order valence-electron chi connectivity index (χ0n) is 12.6. The van der Waals surface area contributed by atoms with E-state index in [9.17, 15) is 4.79 Å². The maximum atomic E-state index is 11.2. The summed E-state index contributed by atoms with van der Waals surface area (Å²) in [5, 5.41) is 9.05. The van der Waals surface area contributed by atoms with Crippen molar-refractivity contribution in [2.45, 2.75) is 39.5 Å². The summed E-state index contributed by atoms with van der Waals surface area (Å²) in [6.45, 7) is 5.67. The number of rotatable bonds is 9. The van der Waals surface area contributed by atoms with Gasteiger partial charge in [-0.25, -0.2) is 9.97 Å². The van der Waals surface area contributed by atoms with Gasteiger partial charge in [-0.2, -0.15) is 0 Å². The molecule has 0 atom stereocenters. The van der Waals surface area contributed by atoms with Crippen LogP contribution in [0.3, 0.4) is 0 Å². The molecule has 0 saturated heterocycles. The van der Waals surface area contributed by atoms with Crippen molar-refractivity contribution in [3.8, 4) is 0 Å². The van der Waals surface area contributed by atoms with E-state index in [1.54, 1.807) is 7.05 Å². The third-order valence-corrected chi connectivity index (χ3v) is 2.74. The van der Waals surface area contributed by atoms with Gasteiger partial charge < -0.3 is 16.0 Å². The Balaban J connectivity index is 2.66. The van der Waals surface area contributed by atoms with Crippen molar-refractivity contribution >= 4 is 17.5 Å². The normalized spacial score (nSPS) is 10.2. The number of amides is 1. The van der Waals surface area contributed by atoms with Crippen LogP contribution in [0.2, 0.25) is 0 Å². The van der Waals surface area contributed by atoms with Crippen LogP contribution in [0.25, 0.3) is 0 Å². The Morgan fingerprint density at radius 2 is 1.75 bits per heavy atom. The van der Waals surface area contributed by atoms with Crippen molar-refractivity contribution in [2.24, 2.45) is 0 Å². The molecule has 112 valence electrons. The molecule has 0 aliphatic rings. The van der Waals surface area contributed by atoms with Crippen molar-refractivity contribution in [2.75, 3.05) is 30.8 Å². The minimum atomic E-state index is 0.0182. The highest BCUT2D eigenvalue weighted by molar-refractivity contribution is 5.76. The Hall–Kier alpha value is -1.85. The summed E-state index contributed by atoms with van der Waals surface area (Å²) >= 11 is 0. The topological polar surface area (TPSA) is 78.9 Å². The molecular weight excluding hydrogens is 254 g/mol. The Labute approximate surface area is 120 Å². The number of aromatic nitrogens is 2. The number of carbonyl (C=O) groups is 1. The van der Waals surface area contributed by atoms with Gasteiger partial charge in [0.05, 0.1) is 0 Å². The molecule has 1 aromatic rings. The van der Waals surface area contributed by atoms with Gasteiger partial charge >= 0.3 is 0 Å². The Bertz CT molecular complexity index is 422. The van der Waals surface area contributed by atoms with E-state index in [2.05, 4.69) is 39.8 Å². The fraction of sp³-hybridized carbons (Fsp3) is 0.643. The minimum Gasteiger partial charge on any atom is -0.370 e. The first-order valence-corrected chi connectivity index (χ1v) is 7.25. The highest BCUT2D eigenvalue weighted by atomic mass is 16.1. The van der Waals surface area contributed by atoms with E-state index in [0.29, 0.717) is 13.0 Å². The van der Waals surface area contributed by atoms with Crippen LogP contribution in [0.15, 0.2) is 6.07 Å². The molecule has 6 nitrogen and oxygen atoms in total. The molecule has 20 heavy (non-hydrogen) atoms. The van der Waals surface area contributed by atoms with Gasteiger partial charge in [0.25, 0.3) is 0 Å². The van der Waals surface area contributed by atoms with Gasteiger partial charge in [-0.3, -0.25) is 4.79 Å². The summed E-state index contributed by atoms with van der Waals surface area (Å²) in [6, 6.07) is 1.89. The highest BCUT2D eigenvalue weighted by Crippen LogP contribution is 2.12. The Kier molecular flexibility index (Phi) is 7.39. The second-order valence-electron chi connectivity index (χ2n) is 4.58. The third kappa shape index (κ3) is 5.86. The lowest BCUT2D eigenvalue weighted by Crippen LogP contribution is -2.21. The fourth-order valence-corrected chi connectivity index (χ4v) is 1.70. The predicted molar refractivity (Wildman–Crippen MR) is 82.0 cm³/mol. The monoisotopic (exact) mass is 279 g/mol. The lowest BCUT2D eigenvalue weighted by Gasteiger charge is -2.10. The quantitative estimate of drug-likeness (QED) is 0.642. The van der Waals surface area contributed by atoms with E-state index in [-0.39, 0.29) is 5.91 Å². The number of anilines is 2. The third-order valence-electron chi connectivity index (χ3n) is 2.74. The maximum absolute atomic E-state index is 11.2. The molecule has 1 rings (SSSR count). The van der Waals surface area contributed by atoms with Crippen LogP contribution in [0.1, 0.15) is 38.9 Å². The van der Waals surface area contributed by atoms with Gasteiger partial charge in [0.15, 0.2) is 0 Å². The van der Waals surface area contributed by atoms with Gasteiger partial charge in [0, 0.05) is 39.0 Å². The van der Waals surface area contributed by atoms with Gasteiger partial charge in [-0.1, -0.05) is 13.8 Å². The van der Waals surface area contributed by atoms with Crippen LogP contribution >= 0.6 is 0 Å². The molecule has 0 aliphatic heterocycles. The first-order chi connectivity index (χ1) is 9.69. The van der Waals surface area contributed by atoms with Gasteiger partial charge in [0.1, 0.15) is 17.5 Å². The van der Waals surface area contributed by atoms with Gasteiger partial charge in [0.2, 0.25) is 5.91 Å². The molecule has 0 aliphatic carbocycles. The first-order valence-electron chi connectivity index (χ1n) is 7.25. The molecule has 0 unspecified atom stereocenters. The molecule has 0 bridgehead atoms. The van der Waals surface area contributed by atoms with Crippen molar-refractivity contribution in [3.05, 3.63) is 11.9 Å². The van der Waals surface area contributed by atoms with E-state index in [1.165, 1.54) is 0 Å². The van der Waals surface area contributed by atoms with E-state index in [1.807, 2.05) is 6.07 Å². The molecule has 3 N–H and O–H groups in total. The summed E-state index contributed by atoms with van der Waals surface area (Å²) < 4.78 is 0. The molecule has 1 amide bonds. The van der Waals surface area contributed by atoms with Crippen LogP contribution in [-0.4, -0.2) is 36.0 Å². The zero-order chi connectivity index (χ0) is 14.8. The van der Waals surface area contributed by atoms with Crippen molar-refractivity contribution in [3.63, 3.8) is 0 Å². The standard InChI is InChI=1S/C14H25N5O/c1-4-6-11-18-12(16-8-5-2)10-13(19-11)17-9-7-14(20)15-3/h10H,4-9H2,1-3H3,(H,15,20)(H2,16,17,18,19). The molecule has 6 heteroatoms. The summed E-state index contributed by atoms with van der Waals surface area (Å²) in [4.78, 5) is 20.1. The van der Waals surface area contributed by atoms with E-state index in [4.69, 9.17) is 0 Å². The second-order valence-corrected chi connectivity index (χ2v) is 4.58. The summed E-state index contributed by atoms with van der Waals surface area (Å²) in [5.41, 5.74) is 0. The van der Waals surface area contributed by atoms with Crippen LogP contribution < -0.4 is 16.0 Å². The number of hydrogen-bond donors (Lipinski definition) is 3. The van der Waals surface area contributed by atoms with E-state index >= 15 is 0 Å². The number of nitrogens with one attached hydrogen (secondary N) is 3. The lowest BCUT2D eigenvalue weighted by atomic mass is 10.3. The first kappa shape index (κ1) is 16.2. The Morgan fingerprint density at radius 1 is 1.10 bits per heavy atom. The van der Waals surface area contributed by atoms with Crippen LogP contribution in [-0.2, 0) is 11.2 Å². The number of aryl methyl sites for hydroxylation is 1. The van der Waals surface area contributed by atoms with Crippen LogP contribution in [0.4, 0.5) is 11.6 Å². The summed E-state index contributed by atoms with van der Waals surface area (Å²) in [7, 11) is 1.64. The molecule has 1 aromatic heterocycles. The maximum Gasteiger partial charge on any atom is 0.221 e. The number of carbonyl (C=O) groups excluding carboxylic acids is 1. The smallest absolute Gasteiger partial charge is 0.221 e. The molecular formula is C14H25N5O. The largest absolute Gasteiger partial charge is 0.370 e. The second kappa shape index (κ2) is 9.12. The van der Waals surface area contributed by atoms with Crippen LogP contribution in [0.5, 0.6) is 0 Å². The molecule has 0 fully saturated rings. The zero-order valence-corrected chi connectivity index (χ0v) is 12.6. The van der Waals surface area contributed by atoms with E-state index in [0.717, 1.165) is 43.3 Å². The minimum absolute atomic E-state index is 0.0182. The van der Waals surface area contributed by atoms with Crippen LogP contribution in [0, 0.1) is 0 Å². The predicted octanol–water partition coefficient (Wildman–Crippen LogP) is 1.80. The van der Waals surface area contributed by atoms with Crippen molar-refractivity contribution in [1.82, 2.24) is 15.3 Å². The molecule has 0 radical (unpaired) electrons. The average molecular weight is 279 g/mol. The highest BCUT2D eigenvalue weighted by Gasteiger charge is 2.04. The SMILES string of the molecule is CCCNc1cc(NCCC(=O)NC)nc(CCC)n1. The molecule has 1 heterocycles. The summed E-state index contributed by atoms with van der Waals surface area (Å²) in [6.07, 6.45) is 3.34. The lowest BCUT2D eigenvalue weighted by molar-refractivity contribution is -0.120. The molecule has 0 saturated carbocycles. The van der Waals surface area contributed by atoms with Crippen molar-refractivity contribution < 1.29 is 4.79 Å². The average Bonchev–Trinajstić information content (AvgIpc) is 2.45. The molecule has 0 spiro atoms. The number of nitrogens with zero attached hydrogens (tertiary/aromatic N) is 2. The van der Waals surface area contributed by atoms with Crippen molar-refractivity contribution in [1.29, 1.82) is 0 Å². The number of hydrogen-bond acceptors (Lipinski definition) is 5. The molecule has 0 aromatic carbocycles. The van der Waals surface area contributed by atoms with Gasteiger partial charge in [-0.05, 0) is 12.8 Å². The fourth-order valence-electron chi connectivity index (χ4n) is 1.70. The Morgan fingerprint density at radius 3 is 2.30 bits per heavy atom. The summed E-state index contributed by atoms with van der Waals surface area (Å²) in [5.74, 6) is 2.46.